The van der Waals surface area contributed by atoms with Gasteiger partial charge in [-0.3, -0.25) is 18.6 Å². The van der Waals surface area contributed by atoms with Crippen molar-refractivity contribution in [3.05, 3.63) is 76.2 Å². The Kier molecular flexibility index (Phi) is 6.89. The monoisotopic (exact) mass is 496 g/mol. The lowest BCUT2D eigenvalue weighted by atomic mass is 9.94. The first-order valence-electron chi connectivity index (χ1n) is 11.8. The first-order valence-corrected chi connectivity index (χ1v) is 13.3. The highest BCUT2D eigenvalue weighted by Gasteiger charge is 2.30. The van der Waals surface area contributed by atoms with Crippen molar-refractivity contribution < 1.29 is 13.2 Å². The van der Waals surface area contributed by atoms with Crippen LogP contribution in [0.3, 0.4) is 0 Å². The van der Waals surface area contributed by atoms with Crippen LogP contribution in [0.15, 0.2) is 64.3 Å². The average molecular weight is 497 g/mol. The van der Waals surface area contributed by atoms with Crippen LogP contribution in [-0.2, 0) is 17.1 Å². The number of aromatic nitrogens is 2. The van der Waals surface area contributed by atoms with Gasteiger partial charge in [0.2, 0.25) is 0 Å². The number of hydrogen-bond donors (Lipinski definition) is 0. The third-order valence-corrected chi connectivity index (χ3v) is 8.77. The molecule has 1 aliphatic rings. The summed E-state index contributed by atoms with van der Waals surface area (Å²) in [4.78, 5) is 28.2. The number of sulfonamides is 1. The predicted molar refractivity (Wildman–Crippen MR) is 137 cm³/mol. The second-order valence-corrected chi connectivity index (χ2v) is 11.1. The normalized spacial score (nSPS) is 14.6. The smallest absolute Gasteiger partial charge is 0.296 e. The van der Waals surface area contributed by atoms with Crippen molar-refractivity contribution in [1.82, 2.24) is 14.3 Å². The van der Waals surface area contributed by atoms with Crippen molar-refractivity contribution in [1.29, 1.82) is 0 Å². The SMILES string of the molecule is Cc1c(N(C)S(=O)(=O)c2cccc(C(=O)N(C)C3CCCCC3)c2)c(=O)n(-c2ccccc2)n1C. The van der Waals surface area contributed by atoms with E-state index in [0.717, 1.165) is 30.0 Å². The second kappa shape index (κ2) is 9.73. The maximum absolute atomic E-state index is 13.6. The summed E-state index contributed by atoms with van der Waals surface area (Å²) in [6, 6.07) is 15.3. The summed E-state index contributed by atoms with van der Waals surface area (Å²) < 4.78 is 31.3. The molecule has 186 valence electrons. The second-order valence-electron chi connectivity index (χ2n) is 9.12. The third kappa shape index (κ3) is 4.52. The molecule has 35 heavy (non-hydrogen) atoms. The van der Waals surface area contributed by atoms with E-state index in [0.29, 0.717) is 16.9 Å². The molecule has 1 fully saturated rings. The highest BCUT2D eigenvalue weighted by molar-refractivity contribution is 7.92. The average Bonchev–Trinajstić information content (AvgIpc) is 3.11. The summed E-state index contributed by atoms with van der Waals surface area (Å²) in [5.74, 6) is -0.195. The molecule has 0 unspecified atom stereocenters. The Morgan fingerprint density at radius 1 is 0.971 bits per heavy atom. The van der Waals surface area contributed by atoms with Crippen LogP contribution >= 0.6 is 0 Å². The number of hydrogen-bond acceptors (Lipinski definition) is 4. The largest absolute Gasteiger partial charge is 0.339 e. The van der Waals surface area contributed by atoms with Gasteiger partial charge in [0.25, 0.3) is 21.5 Å². The third-order valence-electron chi connectivity index (χ3n) is 7.02. The van der Waals surface area contributed by atoms with Crippen molar-refractivity contribution in [3.63, 3.8) is 0 Å². The van der Waals surface area contributed by atoms with Gasteiger partial charge in [0.15, 0.2) is 0 Å². The van der Waals surface area contributed by atoms with Gasteiger partial charge >= 0.3 is 0 Å². The van der Waals surface area contributed by atoms with Gasteiger partial charge < -0.3 is 4.90 Å². The van der Waals surface area contributed by atoms with E-state index < -0.39 is 15.6 Å². The fourth-order valence-corrected chi connectivity index (χ4v) is 6.12. The molecule has 0 N–H and O–H groups in total. The number of amides is 1. The lowest BCUT2D eigenvalue weighted by molar-refractivity contribution is 0.0696. The number of anilines is 1. The van der Waals surface area contributed by atoms with Crippen molar-refractivity contribution >= 4 is 21.6 Å². The standard InChI is InChI=1S/C26H32N4O4S/c1-19-24(26(32)30(28(19)3)22-15-9-6-10-16-22)29(4)35(33,34)23-17-11-12-20(18-23)25(31)27(2)21-13-7-5-8-14-21/h6,9-12,15-18,21H,5,7-8,13-14H2,1-4H3. The molecule has 1 amide bonds. The van der Waals surface area contributed by atoms with E-state index in [1.807, 2.05) is 18.2 Å². The number of rotatable bonds is 6. The van der Waals surface area contributed by atoms with Gasteiger partial charge in [-0.05, 0) is 50.1 Å². The quantitative estimate of drug-likeness (QED) is 0.521. The molecule has 1 aliphatic carbocycles. The van der Waals surface area contributed by atoms with Crippen LogP contribution in [-0.4, -0.2) is 48.7 Å². The minimum absolute atomic E-state index is 0.0307. The minimum atomic E-state index is -4.09. The number of carbonyl (C=O) groups excluding carboxylic acids is 1. The van der Waals surface area contributed by atoms with Crippen LogP contribution in [0, 0.1) is 6.92 Å². The Hall–Kier alpha value is -3.33. The predicted octanol–water partition coefficient (Wildman–Crippen LogP) is 3.71. The Bertz CT molecular complexity index is 1390. The van der Waals surface area contributed by atoms with Gasteiger partial charge in [-0.15, -0.1) is 0 Å². The van der Waals surface area contributed by atoms with E-state index in [9.17, 15) is 18.0 Å². The van der Waals surface area contributed by atoms with E-state index in [4.69, 9.17) is 0 Å². The number of carbonyl (C=O) groups is 1. The number of benzene rings is 2. The van der Waals surface area contributed by atoms with Gasteiger partial charge in [0, 0.05) is 32.7 Å². The number of para-hydroxylation sites is 1. The fraction of sp³-hybridized carbons (Fsp3) is 0.385. The lowest BCUT2D eigenvalue weighted by Gasteiger charge is -2.31. The molecule has 0 atom stereocenters. The summed E-state index contributed by atoms with van der Waals surface area (Å²) in [7, 11) is 0.778. The summed E-state index contributed by atoms with van der Waals surface area (Å²) in [6.07, 6.45) is 5.30. The molecule has 3 aromatic rings. The van der Waals surface area contributed by atoms with Crippen molar-refractivity contribution in [2.45, 2.75) is 50.0 Å². The van der Waals surface area contributed by atoms with E-state index in [1.165, 1.54) is 30.3 Å². The topological polar surface area (TPSA) is 84.6 Å². The molecule has 9 heteroatoms. The lowest BCUT2D eigenvalue weighted by Crippen LogP contribution is -2.38. The molecule has 0 aliphatic heterocycles. The van der Waals surface area contributed by atoms with Crippen molar-refractivity contribution in [3.8, 4) is 5.69 Å². The van der Waals surface area contributed by atoms with Gasteiger partial charge in [0.1, 0.15) is 5.69 Å². The van der Waals surface area contributed by atoms with E-state index in [1.54, 1.807) is 54.9 Å². The van der Waals surface area contributed by atoms with E-state index in [2.05, 4.69) is 0 Å². The summed E-state index contributed by atoms with van der Waals surface area (Å²) in [5, 5.41) is 0. The van der Waals surface area contributed by atoms with Gasteiger partial charge in [0.05, 0.1) is 16.3 Å². The number of nitrogens with zero attached hydrogens (tertiary/aromatic N) is 4. The van der Waals surface area contributed by atoms with Gasteiger partial charge in [-0.25, -0.2) is 13.1 Å². The molecule has 0 spiro atoms. The molecule has 1 saturated carbocycles. The van der Waals surface area contributed by atoms with Crippen LogP contribution in [0.5, 0.6) is 0 Å². The van der Waals surface area contributed by atoms with Crippen LogP contribution in [0.25, 0.3) is 5.69 Å². The zero-order valence-corrected chi connectivity index (χ0v) is 21.5. The van der Waals surface area contributed by atoms with Crippen LogP contribution in [0.1, 0.15) is 48.2 Å². The molecule has 0 saturated heterocycles. The zero-order chi connectivity index (χ0) is 25.3. The molecule has 2 aromatic carbocycles. The Labute approximate surface area is 206 Å². The fourth-order valence-electron chi connectivity index (χ4n) is 4.82. The summed E-state index contributed by atoms with van der Waals surface area (Å²) >= 11 is 0. The minimum Gasteiger partial charge on any atom is -0.339 e. The first kappa shape index (κ1) is 24.8. The molecule has 8 nitrogen and oxygen atoms in total. The van der Waals surface area contributed by atoms with Crippen molar-refractivity contribution in [2.75, 3.05) is 18.4 Å². The Balaban J connectivity index is 1.68. The first-order chi connectivity index (χ1) is 16.6. The molecule has 1 heterocycles. The molecule has 1 aromatic heterocycles. The maximum Gasteiger partial charge on any atom is 0.296 e. The Morgan fingerprint density at radius 2 is 1.63 bits per heavy atom. The molecule has 0 radical (unpaired) electrons. The highest BCUT2D eigenvalue weighted by Crippen LogP contribution is 2.26. The van der Waals surface area contributed by atoms with Crippen LogP contribution in [0.2, 0.25) is 0 Å². The van der Waals surface area contributed by atoms with Gasteiger partial charge in [-0.2, -0.15) is 0 Å². The van der Waals surface area contributed by atoms with Crippen LogP contribution < -0.4 is 9.86 Å². The summed E-state index contributed by atoms with van der Waals surface area (Å²) in [6.45, 7) is 1.71. The van der Waals surface area contributed by atoms with Crippen molar-refractivity contribution in [2.24, 2.45) is 7.05 Å². The molecular formula is C26H32N4O4S. The highest BCUT2D eigenvalue weighted by atomic mass is 32.2. The van der Waals surface area contributed by atoms with E-state index >= 15 is 0 Å². The van der Waals surface area contributed by atoms with E-state index in [-0.39, 0.29) is 22.5 Å². The molecular weight excluding hydrogens is 464 g/mol. The van der Waals surface area contributed by atoms with Gasteiger partial charge in [-0.1, -0.05) is 43.5 Å². The van der Waals surface area contributed by atoms with Crippen LogP contribution in [0.4, 0.5) is 5.69 Å². The zero-order valence-electron chi connectivity index (χ0n) is 20.6. The molecule has 4 rings (SSSR count). The summed E-state index contributed by atoms with van der Waals surface area (Å²) in [5.41, 5.74) is 1.09. The molecule has 0 bridgehead atoms. The maximum atomic E-state index is 13.6. The Morgan fingerprint density at radius 3 is 2.29 bits per heavy atom.